The van der Waals surface area contributed by atoms with Crippen molar-refractivity contribution >= 4 is 0 Å². The first-order valence-corrected chi connectivity index (χ1v) is 8.11. The molecule has 0 aromatic carbocycles. The minimum Gasteiger partial charge on any atom is -0.381 e. The van der Waals surface area contributed by atoms with Gasteiger partial charge >= 0.3 is 0 Å². The smallest absolute Gasteiger partial charge is 0.0506 e. The number of hydrogen-bond acceptors (Lipinski definition) is 3. The van der Waals surface area contributed by atoms with Gasteiger partial charge in [0.15, 0.2) is 0 Å². The maximum absolute atomic E-state index is 5.66. The third kappa shape index (κ3) is 3.93. The van der Waals surface area contributed by atoms with Gasteiger partial charge < -0.3 is 10.1 Å². The SMILES string of the molecule is CCC1(C)CN(CC2CCCOC2)C(C(C)C)CN1. The molecule has 2 saturated heterocycles. The Hall–Kier alpha value is -0.120. The van der Waals surface area contributed by atoms with Gasteiger partial charge in [-0.05, 0) is 38.0 Å². The Morgan fingerprint density at radius 1 is 1.42 bits per heavy atom. The lowest BCUT2D eigenvalue weighted by molar-refractivity contribution is 0.00205. The average molecular weight is 268 g/mol. The Morgan fingerprint density at radius 2 is 2.21 bits per heavy atom. The van der Waals surface area contributed by atoms with Crippen LogP contribution in [0.2, 0.25) is 0 Å². The second-order valence-electron chi connectivity index (χ2n) is 7.12. The van der Waals surface area contributed by atoms with Crippen molar-refractivity contribution in [3.05, 3.63) is 0 Å². The lowest BCUT2D eigenvalue weighted by atomic mass is 9.88. The van der Waals surface area contributed by atoms with Gasteiger partial charge in [-0.1, -0.05) is 20.8 Å². The molecule has 2 aliphatic rings. The molecule has 3 heteroatoms. The highest BCUT2D eigenvalue weighted by Gasteiger charge is 2.36. The zero-order valence-electron chi connectivity index (χ0n) is 13.2. The molecule has 2 fully saturated rings. The molecule has 2 heterocycles. The van der Waals surface area contributed by atoms with E-state index in [0.29, 0.717) is 11.6 Å². The van der Waals surface area contributed by atoms with Crippen molar-refractivity contribution in [1.82, 2.24) is 10.2 Å². The lowest BCUT2D eigenvalue weighted by Crippen LogP contribution is -2.64. The molecule has 0 aliphatic carbocycles. The van der Waals surface area contributed by atoms with Crippen LogP contribution in [0.1, 0.15) is 47.0 Å². The Morgan fingerprint density at radius 3 is 2.79 bits per heavy atom. The van der Waals surface area contributed by atoms with Crippen LogP contribution in [0.25, 0.3) is 0 Å². The Labute approximate surface area is 119 Å². The molecule has 3 unspecified atom stereocenters. The quantitative estimate of drug-likeness (QED) is 0.848. The van der Waals surface area contributed by atoms with E-state index in [1.807, 2.05) is 0 Å². The van der Waals surface area contributed by atoms with Gasteiger partial charge in [0.1, 0.15) is 0 Å². The van der Waals surface area contributed by atoms with Crippen LogP contribution in [0.15, 0.2) is 0 Å². The van der Waals surface area contributed by atoms with Crippen LogP contribution >= 0.6 is 0 Å². The molecule has 0 amide bonds. The Kier molecular flexibility index (Phi) is 5.27. The summed E-state index contributed by atoms with van der Waals surface area (Å²) in [4.78, 5) is 2.74. The van der Waals surface area contributed by atoms with Crippen molar-refractivity contribution < 1.29 is 4.74 Å². The van der Waals surface area contributed by atoms with Crippen LogP contribution in [-0.2, 0) is 4.74 Å². The van der Waals surface area contributed by atoms with Gasteiger partial charge in [-0.15, -0.1) is 0 Å². The van der Waals surface area contributed by atoms with Crippen LogP contribution in [0, 0.1) is 11.8 Å². The number of piperazine rings is 1. The summed E-state index contributed by atoms with van der Waals surface area (Å²) in [7, 11) is 0. The van der Waals surface area contributed by atoms with Crippen molar-refractivity contribution in [3.63, 3.8) is 0 Å². The third-order valence-corrected chi connectivity index (χ3v) is 5.06. The summed E-state index contributed by atoms with van der Waals surface area (Å²) in [6, 6.07) is 0.682. The molecule has 2 rings (SSSR count). The van der Waals surface area contributed by atoms with Crippen molar-refractivity contribution in [1.29, 1.82) is 0 Å². The van der Waals surface area contributed by atoms with Gasteiger partial charge in [0.05, 0.1) is 6.61 Å². The maximum atomic E-state index is 5.66. The minimum absolute atomic E-state index is 0.293. The van der Waals surface area contributed by atoms with Crippen LogP contribution in [0.4, 0.5) is 0 Å². The van der Waals surface area contributed by atoms with E-state index in [-0.39, 0.29) is 0 Å². The van der Waals surface area contributed by atoms with E-state index < -0.39 is 0 Å². The van der Waals surface area contributed by atoms with Crippen molar-refractivity contribution in [2.75, 3.05) is 32.8 Å². The zero-order chi connectivity index (χ0) is 13.9. The summed E-state index contributed by atoms with van der Waals surface area (Å²) in [5, 5.41) is 3.77. The van der Waals surface area contributed by atoms with Crippen LogP contribution < -0.4 is 5.32 Å². The number of rotatable bonds is 4. The van der Waals surface area contributed by atoms with E-state index in [2.05, 4.69) is 37.9 Å². The number of ether oxygens (including phenoxy) is 1. The van der Waals surface area contributed by atoms with Crippen LogP contribution in [0.3, 0.4) is 0 Å². The molecule has 0 spiro atoms. The summed E-state index contributed by atoms with van der Waals surface area (Å²) in [6.45, 7) is 14.9. The molecule has 0 radical (unpaired) electrons. The first-order valence-electron chi connectivity index (χ1n) is 8.11. The molecule has 19 heavy (non-hydrogen) atoms. The lowest BCUT2D eigenvalue weighted by Gasteiger charge is -2.48. The molecule has 0 aromatic heterocycles. The van der Waals surface area contributed by atoms with Gasteiger partial charge in [0.2, 0.25) is 0 Å². The molecule has 3 atom stereocenters. The monoisotopic (exact) mass is 268 g/mol. The molecule has 112 valence electrons. The molecule has 3 nitrogen and oxygen atoms in total. The fourth-order valence-corrected chi connectivity index (χ4v) is 3.48. The van der Waals surface area contributed by atoms with E-state index in [1.54, 1.807) is 0 Å². The van der Waals surface area contributed by atoms with Gasteiger partial charge in [-0.2, -0.15) is 0 Å². The van der Waals surface area contributed by atoms with Crippen LogP contribution in [0.5, 0.6) is 0 Å². The first kappa shape index (κ1) is 15.3. The molecule has 0 bridgehead atoms. The molecule has 0 aromatic rings. The van der Waals surface area contributed by atoms with Gasteiger partial charge in [-0.3, -0.25) is 4.90 Å². The van der Waals surface area contributed by atoms with Gasteiger partial charge in [0.25, 0.3) is 0 Å². The molecule has 0 saturated carbocycles. The largest absolute Gasteiger partial charge is 0.381 e. The minimum atomic E-state index is 0.293. The predicted molar refractivity (Wildman–Crippen MR) is 80.4 cm³/mol. The predicted octanol–water partition coefficient (Wildman–Crippen LogP) is 2.51. The summed E-state index contributed by atoms with van der Waals surface area (Å²) in [5.41, 5.74) is 0.293. The van der Waals surface area contributed by atoms with Crippen molar-refractivity contribution in [3.8, 4) is 0 Å². The Bertz CT molecular complexity index is 276. The highest BCUT2D eigenvalue weighted by Crippen LogP contribution is 2.25. The number of nitrogens with one attached hydrogen (secondary N) is 1. The molecule has 2 aliphatic heterocycles. The highest BCUT2D eigenvalue weighted by molar-refractivity contribution is 4.95. The second kappa shape index (κ2) is 6.55. The highest BCUT2D eigenvalue weighted by atomic mass is 16.5. The average Bonchev–Trinajstić information content (AvgIpc) is 2.40. The first-order chi connectivity index (χ1) is 9.04. The fourth-order valence-electron chi connectivity index (χ4n) is 3.48. The summed E-state index contributed by atoms with van der Waals surface area (Å²) >= 11 is 0. The van der Waals surface area contributed by atoms with Gasteiger partial charge in [0, 0.05) is 37.8 Å². The van der Waals surface area contributed by atoms with Gasteiger partial charge in [-0.25, -0.2) is 0 Å². The van der Waals surface area contributed by atoms with E-state index in [4.69, 9.17) is 4.74 Å². The van der Waals surface area contributed by atoms with Crippen LogP contribution in [-0.4, -0.2) is 49.3 Å². The standard InChI is InChI=1S/C16H32N2O/c1-5-16(4)12-18(15(9-17-16)13(2)3)10-14-7-6-8-19-11-14/h13-15,17H,5-12H2,1-4H3. The van der Waals surface area contributed by atoms with E-state index in [0.717, 1.165) is 31.6 Å². The summed E-state index contributed by atoms with van der Waals surface area (Å²) in [6.07, 6.45) is 3.79. The van der Waals surface area contributed by atoms with E-state index in [9.17, 15) is 0 Å². The van der Waals surface area contributed by atoms with E-state index >= 15 is 0 Å². The van der Waals surface area contributed by atoms with E-state index in [1.165, 1.54) is 32.4 Å². The summed E-state index contributed by atoms with van der Waals surface area (Å²) in [5.74, 6) is 1.47. The zero-order valence-corrected chi connectivity index (χ0v) is 13.2. The number of hydrogen-bond donors (Lipinski definition) is 1. The molecular formula is C16H32N2O. The molecule has 1 N–H and O–H groups in total. The fraction of sp³-hybridized carbons (Fsp3) is 1.00. The van der Waals surface area contributed by atoms with Crippen molar-refractivity contribution in [2.24, 2.45) is 11.8 Å². The molecular weight excluding hydrogens is 236 g/mol. The third-order valence-electron chi connectivity index (χ3n) is 5.06. The maximum Gasteiger partial charge on any atom is 0.0506 e. The van der Waals surface area contributed by atoms with Crippen molar-refractivity contribution in [2.45, 2.75) is 58.5 Å². The summed E-state index contributed by atoms with van der Waals surface area (Å²) < 4.78 is 5.66. The number of nitrogens with zero attached hydrogens (tertiary/aromatic N) is 1. The second-order valence-corrected chi connectivity index (χ2v) is 7.12. The Balaban J connectivity index is 1.98. The topological polar surface area (TPSA) is 24.5 Å². The normalized spacial score (nSPS) is 37.7.